The van der Waals surface area contributed by atoms with Crippen molar-refractivity contribution in [3.8, 4) is 23.0 Å². The van der Waals surface area contributed by atoms with E-state index in [1.54, 1.807) is 24.3 Å². The summed E-state index contributed by atoms with van der Waals surface area (Å²) in [5, 5.41) is 10.7. The molecule has 0 radical (unpaired) electrons. The molecule has 10 nitrogen and oxygen atoms in total. The van der Waals surface area contributed by atoms with Crippen molar-refractivity contribution >= 4 is 95.5 Å². The van der Waals surface area contributed by atoms with Crippen molar-refractivity contribution in [1.29, 1.82) is 0 Å². The Morgan fingerprint density at radius 1 is 0.980 bits per heavy atom. The number of likely N-dealkylation sites (tertiary alicyclic amines) is 1. The number of benzene rings is 3. The average molecular weight is 830 g/mol. The van der Waals surface area contributed by atoms with Gasteiger partial charge in [0, 0.05) is 23.0 Å². The molecule has 49 heavy (non-hydrogen) atoms. The van der Waals surface area contributed by atoms with Gasteiger partial charge in [-0.1, -0.05) is 23.8 Å². The summed E-state index contributed by atoms with van der Waals surface area (Å²) in [6.07, 6.45) is 1.90. The monoisotopic (exact) mass is 827 g/mol. The van der Waals surface area contributed by atoms with Gasteiger partial charge < -0.3 is 14.3 Å². The number of alkyl halides is 2. The predicted molar refractivity (Wildman–Crippen MR) is 187 cm³/mol. The topological polar surface area (TPSA) is 130 Å². The number of phenolic OH excluding ortho intramolecular Hbond substituents is 1. The second-order valence-corrected chi connectivity index (χ2v) is 15.5. The number of aromatic hydroxyl groups is 1. The van der Waals surface area contributed by atoms with E-state index in [2.05, 4.69) is 36.8 Å². The van der Waals surface area contributed by atoms with Crippen LogP contribution in [0.2, 0.25) is 0 Å². The van der Waals surface area contributed by atoms with Crippen LogP contribution in [-0.4, -0.2) is 62.5 Å². The third kappa shape index (κ3) is 4.26. The quantitative estimate of drug-likeness (QED) is 0.133. The third-order valence-corrected chi connectivity index (χ3v) is 14.0. The van der Waals surface area contributed by atoms with Crippen LogP contribution in [0.1, 0.15) is 24.3 Å². The molecule has 2 saturated heterocycles. The van der Waals surface area contributed by atoms with E-state index in [0.717, 1.165) is 4.90 Å². The molecule has 1 N–H and O–H groups in total. The molecule has 4 aliphatic rings. The van der Waals surface area contributed by atoms with E-state index in [1.165, 1.54) is 25.1 Å². The number of phenols is 1. The van der Waals surface area contributed by atoms with Gasteiger partial charge in [-0.2, -0.15) is 0 Å². The van der Waals surface area contributed by atoms with Crippen LogP contribution in [0, 0.1) is 17.8 Å². The van der Waals surface area contributed by atoms with E-state index >= 15 is 0 Å². The Kier molecular flexibility index (Phi) is 7.39. The lowest BCUT2D eigenvalue weighted by Crippen LogP contribution is -2.60. The number of aromatic nitrogens is 1. The van der Waals surface area contributed by atoms with Crippen LogP contribution in [-0.2, 0) is 19.2 Å². The maximum Gasteiger partial charge on any atom is 0.253 e. The number of oxazole rings is 1. The highest BCUT2D eigenvalue weighted by molar-refractivity contribution is 9.13. The SMILES string of the molecule is COc1cc([C@H]2C3=CC[C@@H]4C(=O)N(c5ccc(-c6nc7ccccc7o6)cc5)C(=O)[C@@H]4[C@@H]3C[C@@]3(Cl)C(=O)N(C)C(=O)[C@@]23Cl)c(Br)c(Br)c1O. The van der Waals surface area contributed by atoms with Crippen molar-refractivity contribution in [3.63, 3.8) is 0 Å². The van der Waals surface area contributed by atoms with Crippen molar-refractivity contribution in [1.82, 2.24) is 9.88 Å². The molecule has 14 heteroatoms. The molecule has 4 aromatic rings. The maximum absolute atomic E-state index is 14.4. The molecule has 0 bridgehead atoms. The van der Waals surface area contributed by atoms with Crippen LogP contribution in [0.15, 0.2) is 79.6 Å². The molecule has 0 spiro atoms. The average Bonchev–Trinajstić information content (AvgIpc) is 3.69. The van der Waals surface area contributed by atoms with Crippen molar-refractivity contribution in [2.75, 3.05) is 19.1 Å². The molecule has 1 saturated carbocycles. The molecule has 3 aromatic carbocycles. The Morgan fingerprint density at radius 3 is 2.39 bits per heavy atom. The molecule has 3 heterocycles. The summed E-state index contributed by atoms with van der Waals surface area (Å²) in [6.45, 7) is 0. The van der Waals surface area contributed by atoms with Crippen molar-refractivity contribution in [2.45, 2.75) is 28.5 Å². The summed E-state index contributed by atoms with van der Waals surface area (Å²) in [5.74, 6) is -5.24. The second kappa shape index (κ2) is 11.1. The first kappa shape index (κ1) is 32.5. The molecule has 2 aliphatic carbocycles. The molecular formula is C35H25Br2Cl2N3O7. The zero-order chi connectivity index (χ0) is 34.7. The second-order valence-electron chi connectivity index (χ2n) is 12.7. The van der Waals surface area contributed by atoms with Gasteiger partial charge in [0.1, 0.15) is 5.52 Å². The van der Waals surface area contributed by atoms with Crippen molar-refractivity contribution in [2.24, 2.45) is 17.8 Å². The van der Waals surface area contributed by atoms with E-state index in [9.17, 15) is 24.3 Å². The number of amides is 4. The molecule has 2 aliphatic heterocycles. The lowest BCUT2D eigenvalue weighted by Gasteiger charge is -2.51. The fraction of sp³-hybridized carbons (Fsp3) is 0.286. The standard InChI is InChI=1S/C35H25Br2Cl2N3O7/c1-41-32(46)34(38)14-20-17(25(35(34,39)33(41)47)19-13-23(48-2)28(43)27(37)26(19)36)11-12-18-24(20)31(45)42(30(18)44)16-9-7-15(8-10-16)29-40-21-5-3-4-6-22(21)49-29/h3-11,13,18,20,24-25,43H,12,14H2,1-2H3/t18-,20+,24-,25+,34+,35-/m0/s1. The van der Waals surface area contributed by atoms with Gasteiger partial charge in [0.05, 0.1) is 29.1 Å². The lowest BCUT2D eigenvalue weighted by atomic mass is 9.56. The number of hydrogen-bond donors (Lipinski definition) is 1. The number of carbonyl (C=O) groups is 4. The number of methoxy groups -OCH3 is 1. The highest BCUT2D eigenvalue weighted by Gasteiger charge is 2.76. The number of fused-ring (bicyclic) bond motifs is 5. The number of nitrogens with zero attached hydrogens (tertiary/aromatic N) is 3. The van der Waals surface area contributed by atoms with Crippen LogP contribution in [0.5, 0.6) is 11.5 Å². The first-order valence-corrected chi connectivity index (χ1v) is 17.7. The number of hydrogen-bond acceptors (Lipinski definition) is 8. The van der Waals surface area contributed by atoms with Gasteiger partial charge in [-0.15, -0.1) is 23.2 Å². The van der Waals surface area contributed by atoms with Gasteiger partial charge in [-0.3, -0.25) is 29.0 Å². The Bertz CT molecular complexity index is 2160. The fourth-order valence-electron chi connectivity index (χ4n) is 8.07. The van der Waals surface area contributed by atoms with Gasteiger partial charge in [0.15, 0.2) is 26.8 Å². The van der Waals surface area contributed by atoms with E-state index in [4.69, 9.17) is 32.4 Å². The summed E-state index contributed by atoms with van der Waals surface area (Å²) in [5.41, 5.74) is 3.43. The summed E-state index contributed by atoms with van der Waals surface area (Å²) >= 11 is 21.5. The van der Waals surface area contributed by atoms with Crippen molar-refractivity contribution in [3.05, 3.63) is 80.8 Å². The minimum absolute atomic E-state index is 0.0895. The molecule has 4 amide bonds. The van der Waals surface area contributed by atoms with Crippen LogP contribution >= 0.6 is 55.1 Å². The molecule has 3 fully saturated rings. The normalized spacial score (nSPS) is 29.3. The zero-order valence-corrected chi connectivity index (χ0v) is 30.4. The Morgan fingerprint density at radius 2 is 1.69 bits per heavy atom. The van der Waals surface area contributed by atoms with E-state index in [1.807, 2.05) is 30.3 Å². The summed E-state index contributed by atoms with van der Waals surface area (Å²) in [4.78, 5) is 58.8. The van der Waals surface area contributed by atoms with Crippen molar-refractivity contribution < 1.29 is 33.4 Å². The Hall–Kier alpha value is -3.71. The Labute approximate surface area is 306 Å². The number of carbonyl (C=O) groups excluding carboxylic acids is 4. The maximum atomic E-state index is 14.4. The Balaban J connectivity index is 1.21. The summed E-state index contributed by atoms with van der Waals surface area (Å²) in [7, 11) is 2.71. The number of imide groups is 2. The predicted octanol–water partition coefficient (Wildman–Crippen LogP) is 6.93. The molecule has 250 valence electrons. The molecule has 0 unspecified atom stereocenters. The van der Waals surface area contributed by atoms with E-state index < -0.39 is 51.1 Å². The van der Waals surface area contributed by atoms with E-state index in [0.29, 0.717) is 43.9 Å². The highest BCUT2D eigenvalue weighted by Crippen LogP contribution is 2.66. The van der Waals surface area contributed by atoms with Gasteiger partial charge in [-0.05, 0) is 98.6 Å². The van der Waals surface area contributed by atoms with E-state index in [-0.39, 0.29) is 34.7 Å². The van der Waals surface area contributed by atoms with Crippen LogP contribution in [0.25, 0.3) is 22.6 Å². The fourth-order valence-corrected chi connectivity index (χ4v) is 10.0. The highest BCUT2D eigenvalue weighted by atomic mass is 79.9. The zero-order valence-electron chi connectivity index (χ0n) is 25.7. The van der Waals surface area contributed by atoms with Gasteiger partial charge in [0.25, 0.3) is 11.8 Å². The van der Waals surface area contributed by atoms with Crippen LogP contribution in [0.4, 0.5) is 5.69 Å². The van der Waals surface area contributed by atoms with Crippen LogP contribution < -0.4 is 9.64 Å². The number of para-hydroxylation sites is 2. The number of ether oxygens (including phenoxy) is 1. The number of rotatable bonds is 4. The largest absolute Gasteiger partial charge is 0.503 e. The lowest BCUT2D eigenvalue weighted by molar-refractivity contribution is -0.138. The van der Waals surface area contributed by atoms with Gasteiger partial charge in [0.2, 0.25) is 17.7 Å². The molecule has 6 atom stereocenters. The minimum atomic E-state index is -1.99. The number of anilines is 1. The summed E-state index contributed by atoms with van der Waals surface area (Å²) in [6, 6.07) is 15.8. The minimum Gasteiger partial charge on any atom is -0.503 e. The third-order valence-electron chi connectivity index (χ3n) is 10.4. The summed E-state index contributed by atoms with van der Waals surface area (Å²) < 4.78 is 11.9. The number of halogens is 4. The first-order valence-electron chi connectivity index (χ1n) is 15.3. The molecular weight excluding hydrogens is 805 g/mol. The number of allylic oxidation sites excluding steroid dienone is 2. The van der Waals surface area contributed by atoms with Crippen LogP contribution in [0.3, 0.4) is 0 Å². The first-order chi connectivity index (χ1) is 23.3. The van der Waals surface area contributed by atoms with Gasteiger partial charge in [-0.25, -0.2) is 4.98 Å². The molecule has 1 aromatic heterocycles. The molecule has 8 rings (SSSR count). The smallest absolute Gasteiger partial charge is 0.253 e. The van der Waals surface area contributed by atoms with Gasteiger partial charge >= 0.3 is 0 Å².